The third-order valence-corrected chi connectivity index (χ3v) is 1.64. The highest BCUT2D eigenvalue weighted by molar-refractivity contribution is 5.53. The fourth-order valence-corrected chi connectivity index (χ4v) is 1.01. The zero-order valence-corrected chi connectivity index (χ0v) is 7.78. The quantitative estimate of drug-likeness (QED) is 0.248. The highest BCUT2D eigenvalue weighted by Crippen LogP contribution is 2.13. The lowest BCUT2D eigenvalue weighted by Crippen LogP contribution is -1.87. The van der Waals surface area contributed by atoms with Crippen LogP contribution in [0.3, 0.4) is 0 Å². The van der Waals surface area contributed by atoms with Crippen molar-refractivity contribution >= 4 is 11.8 Å². The van der Waals surface area contributed by atoms with Gasteiger partial charge in [0.15, 0.2) is 0 Å². The molecule has 0 heterocycles. The predicted octanol–water partition coefficient (Wildman–Crippen LogP) is 2.92. The van der Waals surface area contributed by atoms with Crippen molar-refractivity contribution in [2.45, 2.75) is 0 Å². The minimum atomic E-state index is -0.454. The molecule has 15 heavy (non-hydrogen) atoms. The van der Waals surface area contributed by atoms with Gasteiger partial charge in [-0.15, -0.1) is 0 Å². The van der Waals surface area contributed by atoms with Gasteiger partial charge in [0.1, 0.15) is 0 Å². The molecule has 1 aromatic carbocycles. The van der Waals surface area contributed by atoms with Crippen LogP contribution in [0.15, 0.2) is 35.5 Å². The topological polar surface area (TPSA) is 91.9 Å². The number of non-ortho nitro benzene ring substituents is 1. The molecular weight excluding hydrogens is 196 g/mol. The number of hydrogen-bond acceptors (Lipinski definition) is 3. The summed E-state index contributed by atoms with van der Waals surface area (Å²) >= 11 is 0. The summed E-state index contributed by atoms with van der Waals surface area (Å²) in [6.07, 6.45) is 3.31. The van der Waals surface area contributed by atoms with Crippen LogP contribution in [0.25, 0.3) is 16.5 Å². The molecule has 1 rings (SSSR count). The van der Waals surface area contributed by atoms with E-state index in [4.69, 9.17) is 5.53 Å². The third kappa shape index (κ3) is 3.50. The van der Waals surface area contributed by atoms with E-state index in [1.807, 2.05) is 0 Å². The molecule has 0 radical (unpaired) electrons. The Morgan fingerprint density at radius 3 is 3.07 bits per heavy atom. The van der Waals surface area contributed by atoms with Crippen molar-refractivity contribution in [2.75, 3.05) is 6.54 Å². The van der Waals surface area contributed by atoms with Crippen molar-refractivity contribution in [3.05, 3.63) is 56.5 Å². The summed E-state index contributed by atoms with van der Waals surface area (Å²) in [5.74, 6) is 0. The summed E-state index contributed by atoms with van der Waals surface area (Å²) in [6.45, 7) is 0.235. The molecule has 0 amide bonds. The van der Waals surface area contributed by atoms with Crippen LogP contribution in [0.5, 0.6) is 0 Å². The van der Waals surface area contributed by atoms with Crippen molar-refractivity contribution in [3.63, 3.8) is 0 Å². The second-order valence-corrected chi connectivity index (χ2v) is 2.67. The maximum Gasteiger partial charge on any atom is 0.270 e. The average molecular weight is 204 g/mol. The van der Waals surface area contributed by atoms with Gasteiger partial charge in [-0.25, -0.2) is 0 Å². The Labute approximate surface area is 85.6 Å². The number of nitro benzene ring substituents is 1. The van der Waals surface area contributed by atoms with Crippen LogP contribution in [0, 0.1) is 10.1 Å². The minimum absolute atomic E-state index is 0.0425. The van der Waals surface area contributed by atoms with E-state index in [0.29, 0.717) is 5.56 Å². The zero-order chi connectivity index (χ0) is 11.1. The maximum absolute atomic E-state index is 10.4. The normalized spacial score (nSPS) is 9.87. The van der Waals surface area contributed by atoms with Crippen LogP contribution in [-0.2, 0) is 0 Å². The molecule has 0 aliphatic rings. The standard InChI is InChI=1S/C9H8N4O2/c10-12-11-6-2-4-8-3-1-5-9(7-8)13(14)15/h1-5,7H,6H2. The molecular formula is C9H8N4O2. The van der Waals surface area contributed by atoms with Gasteiger partial charge in [-0.05, 0) is 11.1 Å². The molecule has 6 heteroatoms. The Balaban J connectivity index is 2.77. The molecule has 1 aromatic rings. The molecule has 0 fully saturated rings. The molecule has 6 nitrogen and oxygen atoms in total. The predicted molar refractivity (Wildman–Crippen MR) is 56.1 cm³/mol. The van der Waals surface area contributed by atoms with Gasteiger partial charge in [-0.2, -0.15) is 0 Å². The summed E-state index contributed by atoms with van der Waals surface area (Å²) in [5, 5.41) is 13.7. The van der Waals surface area contributed by atoms with Gasteiger partial charge >= 0.3 is 0 Å². The Kier molecular flexibility index (Phi) is 3.88. The first-order valence-corrected chi connectivity index (χ1v) is 4.16. The first kappa shape index (κ1) is 10.7. The zero-order valence-electron chi connectivity index (χ0n) is 7.78. The van der Waals surface area contributed by atoms with Crippen molar-refractivity contribution < 1.29 is 4.92 Å². The van der Waals surface area contributed by atoms with Gasteiger partial charge in [0, 0.05) is 23.6 Å². The van der Waals surface area contributed by atoms with E-state index in [1.54, 1.807) is 24.3 Å². The van der Waals surface area contributed by atoms with Crippen molar-refractivity contribution in [1.82, 2.24) is 0 Å². The van der Waals surface area contributed by atoms with Crippen molar-refractivity contribution in [1.29, 1.82) is 0 Å². The van der Waals surface area contributed by atoms with Gasteiger partial charge in [0.05, 0.1) is 4.92 Å². The number of nitrogens with zero attached hydrogens (tertiary/aromatic N) is 4. The van der Waals surface area contributed by atoms with Crippen LogP contribution in [-0.4, -0.2) is 11.5 Å². The van der Waals surface area contributed by atoms with Crippen LogP contribution in [0.4, 0.5) is 5.69 Å². The van der Waals surface area contributed by atoms with E-state index < -0.39 is 4.92 Å². The van der Waals surface area contributed by atoms with Gasteiger partial charge in [0.2, 0.25) is 0 Å². The molecule has 76 valence electrons. The number of nitro groups is 1. The lowest BCUT2D eigenvalue weighted by atomic mass is 10.2. The van der Waals surface area contributed by atoms with Crippen molar-refractivity contribution in [3.8, 4) is 0 Å². The highest BCUT2D eigenvalue weighted by Gasteiger charge is 2.02. The summed E-state index contributed by atoms with van der Waals surface area (Å²) in [4.78, 5) is 12.6. The lowest BCUT2D eigenvalue weighted by molar-refractivity contribution is -0.384. The van der Waals surface area contributed by atoms with E-state index in [-0.39, 0.29) is 12.2 Å². The molecule has 0 saturated carbocycles. The first-order valence-electron chi connectivity index (χ1n) is 4.16. The molecule has 0 unspecified atom stereocenters. The smallest absolute Gasteiger partial charge is 0.258 e. The number of azide groups is 1. The van der Waals surface area contributed by atoms with Crippen LogP contribution in [0.1, 0.15) is 5.56 Å². The highest BCUT2D eigenvalue weighted by atomic mass is 16.6. The molecule has 0 aliphatic heterocycles. The van der Waals surface area contributed by atoms with Crippen LogP contribution in [0.2, 0.25) is 0 Å². The molecule has 0 aromatic heterocycles. The van der Waals surface area contributed by atoms with E-state index in [1.165, 1.54) is 12.1 Å². The van der Waals surface area contributed by atoms with Gasteiger partial charge in [0.25, 0.3) is 5.69 Å². The fraction of sp³-hybridized carbons (Fsp3) is 0.111. The monoisotopic (exact) mass is 204 g/mol. The average Bonchev–Trinajstić information content (AvgIpc) is 2.25. The second kappa shape index (κ2) is 5.41. The first-order chi connectivity index (χ1) is 7.24. The lowest BCUT2D eigenvalue weighted by Gasteiger charge is -1.93. The fourth-order valence-electron chi connectivity index (χ4n) is 1.01. The molecule has 0 spiro atoms. The van der Waals surface area contributed by atoms with Gasteiger partial charge in [-0.3, -0.25) is 10.1 Å². The molecule has 0 bridgehead atoms. The Morgan fingerprint density at radius 1 is 1.60 bits per heavy atom. The number of benzene rings is 1. The third-order valence-electron chi connectivity index (χ3n) is 1.64. The second-order valence-electron chi connectivity index (χ2n) is 2.67. The van der Waals surface area contributed by atoms with E-state index in [0.717, 1.165) is 0 Å². The van der Waals surface area contributed by atoms with E-state index >= 15 is 0 Å². The van der Waals surface area contributed by atoms with Gasteiger partial charge < -0.3 is 0 Å². The Hall–Kier alpha value is -2.33. The Morgan fingerprint density at radius 2 is 2.40 bits per heavy atom. The minimum Gasteiger partial charge on any atom is -0.258 e. The Bertz CT molecular complexity index is 435. The number of hydrogen-bond donors (Lipinski definition) is 0. The summed E-state index contributed by atoms with van der Waals surface area (Å²) in [6, 6.07) is 6.21. The molecule has 0 N–H and O–H groups in total. The molecule has 0 aliphatic carbocycles. The van der Waals surface area contributed by atoms with Crippen LogP contribution >= 0.6 is 0 Å². The SMILES string of the molecule is [N-]=[N+]=NCC=Cc1cccc([N+](=O)[O-])c1. The largest absolute Gasteiger partial charge is 0.270 e. The van der Waals surface area contributed by atoms with Gasteiger partial charge in [-0.1, -0.05) is 29.4 Å². The van der Waals surface area contributed by atoms with E-state index in [9.17, 15) is 10.1 Å². The molecule has 0 saturated heterocycles. The van der Waals surface area contributed by atoms with E-state index in [2.05, 4.69) is 10.0 Å². The summed E-state index contributed by atoms with van der Waals surface area (Å²) in [5.41, 5.74) is 8.76. The maximum atomic E-state index is 10.4. The summed E-state index contributed by atoms with van der Waals surface area (Å²) < 4.78 is 0. The van der Waals surface area contributed by atoms with Crippen LogP contribution < -0.4 is 0 Å². The van der Waals surface area contributed by atoms with Crippen molar-refractivity contribution in [2.24, 2.45) is 5.11 Å². The summed E-state index contributed by atoms with van der Waals surface area (Å²) in [7, 11) is 0. The molecule has 0 atom stereocenters. The number of rotatable bonds is 4.